The molecule has 0 heterocycles. The van der Waals surface area contributed by atoms with Crippen molar-refractivity contribution >= 4 is 8.03 Å². The highest BCUT2D eigenvalue weighted by molar-refractivity contribution is 7.38. The van der Waals surface area contributed by atoms with E-state index in [2.05, 4.69) is 0 Å². The first-order valence-corrected chi connectivity index (χ1v) is 5.07. The minimum Gasteiger partial charge on any atom is -0.346 e. The zero-order chi connectivity index (χ0) is 6.69. The van der Waals surface area contributed by atoms with E-state index in [0.29, 0.717) is 12.1 Å². The average Bonchev–Trinajstić information content (AvgIpc) is 2.15. The Morgan fingerprint density at radius 1 is 1.44 bits per heavy atom. The maximum Gasteiger partial charge on any atom is 0.189 e. The zero-order valence-corrected chi connectivity index (χ0v) is 6.47. The molecule has 0 radical (unpaired) electrons. The third kappa shape index (κ3) is 2.51. The molecule has 1 rings (SSSR count). The van der Waals surface area contributed by atoms with E-state index in [1.807, 2.05) is 0 Å². The molecule has 0 spiro atoms. The lowest BCUT2D eigenvalue weighted by Gasteiger charge is -2.02. The third-order valence-electron chi connectivity index (χ3n) is 1.94. The highest BCUT2D eigenvalue weighted by Crippen LogP contribution is 2.31. The summed E-state index contributed by atoms with van der Waals surface area (Å²) < 4.78 is 10.3. The van der Waals surface area contributed by atoms with Crippen LogP contribution in [0.1, 0.15) is 25.7 Å². The second-order valence-electron chi connectivity index (χ2n) is 2.75. The summed E-state index contributed by atoms with van der Waals surface area (Å²) in [5, 5.41) is 0. The molecule has 0 aromatic heterocycles. The van der Waals surface area contributed by atoms with Crippen LogP contribution in [0, 0.1) is 5.92 Å². The topological polar surface area (TPSA) is 37.3 Å². The normalized spacial score (nSPS) is 24.6. The molecular formula is C6H13O2P. The highest BCUT2D eigenvalue weighted by atomic mass is 31.1. The predicted octanol–water partition coefficient (Wildman–Crippen LogP) is 1.64. The highest BCUT2D eigenvalue weighted by Gasteiger charge is 2.15. The van der Waals surface area contributed by atoms with Crippen LogP contribution in [0.4, 0.5) is 0 Å². The Kier molecular flexibility index (Phi) is 2.74. The molecule has 0 amide bonds. The van der Waals surface area contributed by atoms with Crippen LogP contribution in [-0.2, 0) is 4.57 Å². The predicted molar refractivity (Wildman–Crippen MR) is 38.0 cm³/mol. The molecule has 2 nitrogen and oxygen atoms in total. The maximum atomic E-state index is 10.3. The van der Waals surface area contributed by atoms with Gasteiger partial charge in [-0.25, -0.2) is 0 Å². The van der Waals surface area contributed by atoms with Crippen LogP contribution >= 0.6 is 8.03 Å². The molecule has 1 atom stereocenters. The first-order chi connectivity index (χ1) is 4.29. The Balaban J connectivity index is 2.19. The van der Waals surface area contributed by atoms with Gasteiger partial charge in [-0.1, -0.05) is 12.8 Å². The van der Waals surface area contributed by atoms with Gasteiger partial charge < -0.3 is 4.89 Å². The van der Waals surface area contributed by atoms with Crippen LogP contribution in [-0.4, -0.2) is 11.1 Å². The van der Waals surface area contributed by atoms with E-state index in [4.69, 9.17) is 4.89 Å². The van der Waals surface area contributed by atoms with Crippen LogP contribution in [0.25, 0.3) is 0 Å². The molecule has 1 N–H and O–H groups in total. The minimum atomic E-state index is -2.17. The molecule has 3 heteroatoms. The lowest BCUT2D eigenvalue weighted by Crippen LogP contribution is -1.95. The summed E-state index contributed by atoms with van der Waals surface area (Å²) in [5.41, 5.74) is 0. The summed E-state index contributed by atoms with van der Waals surface area (Å²) in [5.74, 6) is 0.571. The van der Waals surface area contributed by atoms with Gasteiger partial charge in [-0.3, -0.25) is 4.57 Å². The van der Waals surface area contributed by atoms with Crippen LogP contribution in [0.3, 0.4) is 0 Å². The van der Waals surface area contributed by atoms with Gasteiger partial charge in [-0.15, -0.1) is 0 Å². The van der Waals surface area contributed by atoms with Crippen molar-refractivity contribution in [1.82, 2.24) is 0 Å². The summed E-state index contributed by atoms with van der Waals surface area (Å²) in [6, 6.07) is 0. The van der Waals surface area contributed by atoms with Gasteiger partial charge in [0.1, 0.15) is 0 Å². The fourth-order valence-electron chi connectivity index (χ4n) is 1.46. The van der Waals surface area contributed by atoms with Gasteiger partial charge in [-0.05, 0) is 18.8 Å². The Labute approximate surface area is 56.1 Å². The molecule has 9 heavy (non-hydrogen) atoms. The molecule has 0 aromatic rings. The van der Waals surface area contributed by atoms with E-state index in [0.717, 1.165) is 0 Å². The molecule has 0 aliphatic heterocycles. The van der Waals surface area contributed by atoms with E-state index in [1.54, 1.807) is 0 Å². The van der Waals surface area contributed by atoms with E-state index in [-0.39, 0.29) is 0 Å². The van der Waals surface area contributed by atoms with Crippen LogP contribution in [0.5, 0.6) is 0 Å². The van der Waals surface area contributed by atoms with Gasteiger partial charge in [0.05, 0.1) is 0 Å². The molecule has 1 saturated carbocycles. The Hall–Kier alpha value is 0.190. The van der Waals surface area contributed by atoms with Gasteiger partial charge in [0, 0.05) is 6.16 Å². The van der Waals surface area contributed by atoms with Crippen molar-refractivity contribution in [2.45, 2.75) is 25.7 Å². The smallest absolute Gasteiger partial charge is 0.189 e. The second-order valence-corrected chi connectivity index (χ2v) is 3.94. The maximum absolute atomic E-state index is 10.3. The lowest BCUT2D eigenvalue weighted by atomic mass is 10.1. The summed E-state index contributed by atoms with van der Waals surface area (Å²) in [6.45, 7) is 0. The molecule has 1 unspecified atom stereocenters. The van der Waals surface area contributed by atoms with Gasteiger partial charge >= 0.3 is 0 Å². The van der Waals surface area contributed by atoms with Crippen molar-refractivity contribution < 1.29 is 9.46 Å². The van der Waals surface area contributed by atoms with E-state index < -0.39 is 8.03 Å². The van der Waals surface area contributed by atoms with Gasteiger partial charge in [-0.2, -0.15) is 0 Å². The molecule has 0 saturated heterocycles. The van der Waals surface area contributed by atoms with Crippen molar-refractivity contribution in [3.05, 3.63) is 0 Å². The Morgan fingerprint density at radius 2 is 2.00 bits per heavy atom. The summed E-state index contributed by atoms with van der Waals surface area (Å²) in [6.07, 6.45) is 5.46. The van der Waals surface area contributed by atoms with Crippen molar-refractivity contribution in [2.75, 3.05) is 6.16 Å². The summed E-state index contributed by atoms with van der Waals surface area (Å²) >= 11 is 0. The van der Waals surface area contributed by atoms with Crippen molar-refractivity contribution in [3.8, 4) is 0 Å². The van der Waals surface area contributed by atoms with Crippen molar-refractivity contribution in [1.29, 1.82) is 0 Å². The fraction of sp³-hybridized carbons (Fsp3) is 1.00. The van der Waals surface area contributed by atoms with Crippen molar-refractivity contribution in [2.24, 2.45) is 5.92 Å². The molecule has 0 bridgehead atoms. The largest absolute Gasteiger partial charge is 0.346 e. The van der Waals surface area contributed by atoms with E-state index in [9.17, 15) is 4.57 Å². The monoisotopic (exact) mass is 148 g/mol. The molecule has 1 aliphatic rings. The van der Waals surface area contributed by atoms with Gasteiger partial charge in [0.15, 0.2) is 8.03 Å². The number of hydrogen-bond donors (Lipinski definition) is 1. The van der Waals surface area contributed by atoms with Gasteiger partial charge in [0.25, 0.3) is 0 Å². The van der Waals surface area contributed by atoms with Crippen molar-refractivity contribution in [3.63, 3.8) is 0 Å². The van der Waals surface area contributed by atoms with Crippen LogP contribution < -0.4 is 0 Å². The molecule has 1 aliphatic carbocycles. The second kappa shape index (κ2) is 3.38. The Bertz CT molecular complexity index is 108. The van der Waals surface area contributed by atoms with E-state index >= 15 is 0 Å². The molecule has 1 fully saturated rings. The van der Waals surface area contributed by atoms with Crippen LogP contribution in [0.15, 0.2) is 0 Å². The fourth-order valence-corrected chi connectivity index (χ4v) is 2.36. The first kappa shape index (κ1) is 7.30. The molecule has 0 aromatic carbocycles. The lowest BCUT2D eigenvalue weighted by molar-refractivity contribution is 0.485. The van der Waals surface area contributed by atoms with E-state index in [1.165, 1.54) is 25.7 Å². The summed E-state index contributed by atoms with van der Waals surface area (Å²) in [4.78, 5) is 8.56. The standard InChI is InChI=1S/C6H13O2P/c7-9(8)5-6-3-1-2-4-6/h6,9H,1-5H2,(H,7,8). The Morgan fingerprint density at radius 3 is 2.44 bits per heavy atom. The third-order valence-corrected chi connectivity index (χ3v) is 2.86. The first-order valence-electron chi connectivity index (χ1n) is 3.51. The molecular weight excluding hydrogens is 135 g/mol. The SMILES string of the molecule is O=[PH](O)CC1CCCC1. The van der Waals surface area contributed by atoms with Crippen LogP contribution in [0.2, 0.25) is 0 Å². The zero-order valence-electron chi connectivity index (χ0n) is 5.47. The minimum absolute atomic E-state index is 0.571. The quantitative estimate of drug-likeness (QED) is 0.604. The number of rotatable bonds is 2. The molecule has 54 valence electrons. The summed E-state index contributed by atoms with van der Waals surface area (Å²) in [7, 11) is -2.17. The van der Waals surface area contributed by atoms with Gasteiger partial charge in [0.2, 0.25) is 0 Å². The average molecular weight is 148 g/mol. The number of hydrogen-bond acceptors (Lipinski definition) is 1.